The van der Waals surface area contributed by atoms with Crippen LogP contribution in [0.15, 0.2) is 61.2 Å². The maximum absolute atomic E-state index is 12.2. The van der Waals surface area contributed by atoms with Crippen molar-refractivity contribution in [3.8, 4) is 22.4 Å². The molecule has 0 aliphatic heterocycles. The second-order valence-corrected chi connectivity index (χ2v) is 6.63. The first kappa shape index (κ1) is 19.3. The number of carbonyl (C=O) groups is 2. The number of aromatic nitrogens is 4. The number of benzene rings is 2. The van der Waals surface area contributed by atoms with Gasteiger partial charge in [-0.05, 0) is 17.2 Å². The first-order chi connectivity index (χ1) is 14.6. The summed E-state index contributed by atoms with van der Waals surface area (Å²) < 4.78 is 6.79. The zero-order valence-electron chi connectivity index (χ0n) is 16.3. The molecular weight excluding hydrogens is 382 g/mol. The number of ether oxygens (including phenoxy) is 1. The first-order valence-corrected chi connectivity index (χ1v) is 9.34. The van der Waals surface area contributed by atoms with Crippen molar-refractivity contribution in [2.45, 2.75) is 13.5 Å². The van der Waals surface area contributed by atoms with Gasteiger partial charge in [-0.2, -0.15) is 0 Å². The summed E-state index contributed by atoms with van der Waals surface area (Å²) in [4.78, 5) is 36.5. The molecule has 0 saturated carbocycles. The molecule has 8 heteroatoms. The quantitative estimate of drug-likeness (QED) is 0.497. The van der Waals surface area contributed by atoms with Crippen LogP contribution in [-0.2, 0) is 16.1 Å². The number of fused-ring (bicyclic) bond motifs is 1. The molecule has 4 rings (SSSR count). The largest absolute Gasteiger partial charge is 0.464 e. The van der Waals surface area contributed by atoms with Crippen molar-refractivity contribution >= 4 is 23.0 Å². The van der Waals surface area contributed by atoms with E-state index in [1.165, 1.54) is 13.3 Å². The summed E-state index contributed by atoms with van der Waals surface area (Å²) >= 11 is 0. The summed E-state index contributed by atoms with van der Waals surface area (Å²) in [5.74, 6) is -0.901. The van der Waals surface area contributed by atoms with Crippen LogP contribution < -0.4 is 5.73 Å². The molecule has 1 amide bonds. The monoisotopic (exact) mass is 401 g/mol. The lowest BCUT2D eigenvalue weighted by atomic mass is 9.92. The van der Waals surface area contributed by atoms with Crippen LogP contribution in [0.2, 0.25) is 0 Å². The van der Waals surface area contributed by atoms with E-state index in [0.29, 0.717) is 34.5 Å². The van der Waals surface area contributed by atoms with E-state index in [-0.39, 0.29) is 12.6 Å². The Morgan fingerprint density at radius 3 is 2.57 bits per heavy atom. The molecular formula is C22H19N5O3. The van der Waals surface area contributed by atoms with Gasteiger partial charge in [-0.15, -0.1) is 0 Å². The molecule has 0 unspecified atom stereocenters. The van der Waals surface area contributed by atoms with Gasteiger partial charge in [-0.1, -0.05) is 42.5 Å². The number of nitrogens with two attached hydrogens (primary N) is 1. The number of imidazole rings is 1. The Morgan fingerprint density at radius 2 is 1.83 bits per heavy atom. The summed E-state index contributed by atoms with van der Waals surface area (Å²) in [7, 11) is 0. The van der Waals surface area contributed by atoms with E-state index in [9.17, 15) is 9.59 Å². The van der Waals surface area contributed by atoms with E-state index >= 15 is 0 Å². The molecule has 0 aliphatic carbocycles. The second-order valence-electron chi connectivity index (χ2n) is 6.63. The Labute approximate surface area is 172 Å². The van der Waals surface area contributed by atoms with Gasteiger partial charge in [0.1, 0.15) is 24.1 Å². The SMILES string of the molecule is CC(=O)OCCn1cnc2c(-c3c(C(N)=O)cccc3-c3ccccc3)ncnc21. The maximum Gasteiger partial charge on any atom is 0.302 e. The topological polar surface area (TPSA) is 113 Å². The van der Waals surface area contributed by atoms with E-state index in [2.05, 4.69) is 15.0 Å². The van der Waals surface area contributed by atoms with Gasteiger partial charge in [0, 0.05) is 18.1 Å². The fourth-order valence-electron chi connectivity index (χ4n) is 3.39. The lowest BCUT2D eigenvalue weighted by Crippen LogP contribution is -2.13. The number of esters is 1. The van der Waals surface area contributed by atoms with Gasteiger partial charge in [0.05, 0.1) is 12.9 Å². The van der Waals surface area contributed by atoms with Crippen molar-refractivity contribution in [2.24, 2.45) is 5.73 Å². The number of rotatable bonds is 6. The zero-order valence-corrected chi connectivity index (χ0v) is 16.3. The lowest BCUT2D eigenvalue weighted by Gasteiger charge is -2.13. The Balaban J connectivity index is 1.89. The number of hydrogen-bond acceptors (Lipinski definition) is 6. The smallest absolute Gasteiger partial charge is 0.302 e. The van der Waals surface area contributed by atoms with Crippen molar-refractivity contribution in [1.82, 2.24) is 19.5 Å². The van der Waals surface area contributed by atoms with Gasteiger partial charge >= 0.3 is 5.97 Å². The fourth-order valence-corrected chi connectivity index (χ4v) is 3.39. The molecule has 0 radical (unpaired) electrons. The summed E-state index contributed by atoms with van der Waals surface area (Å²) in [6.45, 7) is 1.96. The average Bonchev–Trinajstić information content (AvgIpc) is 3.17. The van der Waals surface area contributed by atoms with Crippen LogP contribution in [-0.4, -0.2) is 38.0 Å². The minimum atomic E-state index is -0.552. The third-order valence-electron chi connectivity index (χ3n) is 4.69. The van der Waals surface area contributed by atoms with E-state index < -0.39 is 5.91 Å². The molecule has 0 fully saturated rings. The number of amides is 1. The molecule has 0 aliphatic rings. The first-order valence-electron chi connectivity index (χ1n) is 9.34. The lowest BCUT2D eigenvalue weighted by molar-refractivity contribution is -0.141. The number of carbonyl (C=O) groups excluding carboxylic acids is 2. The van der Waals surface area contributed by atoms with Crippen LogP contribution in [0, 0.1) is 0 Å². The molecule has 0 saturated heterocycles. The molecule has 150 valence electrons. The van der Waals surface area contributed by atoms with Crippen LogP contribution >= 0.6 is 0 Å². The highest BCUT2D eigenvalue weighted by Gasteiger charge is 2.21. The Morgan fingerprint density at radius 1 is 1.03 bits per heavy atom. The highest BCUT2D eigenvalue weighted by Crippen LogP contribution is 2.36. The fraction of sp³-hybridized carbons (Fsp3) is 0.136. The van der Waals surface area contributed by atoms with Gasteiger partial charge in [0.25, 0.3) is 0 Å². The molecule has 30 heavy (non-hydrogen) atoms. The van der Waals surface area contributed by atoms with E-state index in [1.807, 2.05) is 36.4 Å². The van der Waals surface area contributed by atoms with Crippen molar-refractivity contribution < 1.29 is 14.3 Å². The molecule has 0 bridgehead atoms. The van der Waals surface area contributed by atoms with Crippen molar-refractivity contribution in [1.29, 1.82) is 0 Å². The van der Waals surface area contributed by atoms with Crippen molar-refractivity contribution in [3.05, 3.63) is 66.7 Å². The molecule has 2 aromatic heterocycles. The van der Waals surface area contributed by atoms with Crippen LogP contribution in [0.1, 0.15) is 17.3 Å². The highest BCUT2D eigenvalue weighted by atomic mass is 16.5. The third-order valence-corrected chi connectivity index (χ3v) is 4.69. The van der Waals surface area contributed by atoms with Crippen LogP contribution in [0.5, 0.6) is 0 Å². The van der Waals surface area contributed by atoms with Crippen LogP contribution in [0.3, 0.4) is 0 Å². The van der Waals surface area contributed by atoms with Gasteiger partial charge in [-0.3, -0.25) is 9.59 Å². The molecule has 0 spiro atoms. The normalized spacial score (nSPS) is 10.8. The Kier molecular flexibility index (Phi) is 5.21. The predicted octanol–water partition coefficient (Wildman–Crippen LogP) is 2.82. The van der Waals surface area contributed by atoms with Gasteiger partial charge in [0.15, 0.2) is 5.65 Å². The minimum Gasteiger partial charge on any atom is -0.464 e. The van der Waals surface area contributed by atoms with Gasteiger partial charge in [-0.25, -0.2) is 15.0 Å². The summed E-state index contributed by atoms with van der Waals surface area (Å²) in [5, 5.41) is 0. The van der Waals surface area contributed by atoms with Crippen LogP contribution in [0.4, 0.5) is 0 Å². The van der Waals surface area contributed by atoms with Gasteiger partial charge in [0.2, 0.25) is 5.91 Å². The average molecular weight is 401 g/mol. The number of primary amides is 1. The molecule has 8 nitrogen and oxygen atoms in total. The Bertz CT molecular complexity index is 1230. The van der Waals surface area contributed by atoms with Crippen LogP contribution in [0.25, 0.3) is 33.5 Å². The second kappa shape index (κ2) is 8.12. The maximum atomic E-state index is 12.2. The van der Waals surface area contributed by atoms with Crippen molar-refractivity contribution in [3.63, 3.8) is 0 Å². The predicted molar refractivity (Wildman–Crippen MR) is 111 cm³/mol. The van der Waals surface area contributed by atoms with E-state index in [1.54, 1.807) is 23.0 Å². The molecule has 2 heterocycles. The van der Waals surface area contributed by atoms with Gasteiger partial charge < -0.3 is 15.0 Å². The number of hydrogen-bond donors (Lipinski definition) is 1. The van der Waals surface area contributed by atoms with E-state index in [4.69, 9.17) is 10.5 Å². The highest BCUT2D eigenvalue weighted by molar-refractivity contribution is 6.06. The summed E-state index contributed by atoms with van der Waals surface area (Å²) in [6.07, 6.45) is 3.04. The zero-order chi connectivity index (χ0) is 21.1. The summed E-state index contributed by atoms with van der Waals surface area (Å²) in [6, 6.07) is 15.1. The molecule has 2 aromatic carbocycles. The molecule has 0 atom stereocenters. The molecule has 2 N–H and O–H groups in total. The Hall–Kier alpha value is -4.07. The van der Waals surface area contributed by atoms with E-state index in [0.717, 1.165) is 11.1 Å². The molecule has 4 aromatic rings. The number of nitrogens with zero attached hydrogens (tertiary/aromatic N) is 4. The minimum absolute atomic E-state index is 0.202. The standard InChI is InChI=1S/C22H19N5O3/c1-14(28)30-11-10-27-13-26-20-19(24-12-25-22(20)27)18-16(15-6-3-2-4-7-15)8-5-9-17(18)21(23)29/h2-9,12-13H,10-11H2,1H3,(H2,23,29). The summed E-state index contributed by atoms with van der Waals surface area (Å²) in [5.41, 5.74) is 10.0. The third kappa shape index (κ3) is 3.62. The van der Waals surface area contributed by atoms with Crippen molar-refractivity contribution in [2.75, 3.05) is 6.61 Å².